The van der Waals surface area contributed by atoms with Crippen LogP contribution in [0, 0.1) is 0 Å². The molecular weight excluding hydrogens is 1280 g/mol. The molecule has 9 aromatic rings. The van der Waals surface area contributed by atoms with Gasteiger partial charge in [0, 0.05) is 84.1 Å². The van der Waals surface area contributed by atoms with Crippen molar-refractivity contribution in [2.24, 2.45) is 0 Å². The molecule has 0 amide bonds. The van der Waals surface area contributed by atoms with E-state index < -0.39 is 26.0 Å². The van der Waals surface area contributed by atoms with Crippen LogP contribution in [0.4, 0.5) is 5.69 Å². The first-order valence-electron chi connectivity index (χ1n) is 32.0. The van der Waals surface area contributed by atoms with Gasteiger partial charge in [-0.05, 0) is 106 Å². The average Bonchev–Trinajstić information content (AvgIpc) is 0.820. The number of aromatic carboxylic acids is 1. The van der Waals surface area contributed by atoms with Crippen molar-refractivity contribution in [1.29, 1.82) is 0 Å². The second kappa shape index (κ2) is 37.8. The third-order valence-corrected chi connectivity index (χ3v) is 19.2. The van der Waals surface area contributed by atoms with Crippen LogP contribution in [0.2, 0.25) is 0 Å². The van der Waals surface area contributed by atoms with Crippen LogP contribution >= 0.6 is 15.9 Å². The fraction of sp³-hybridized carbons (Fsp3) is 0.386. The number of anilines is 1. The number of halogens is 1. The summed E-state index contributed by atoms with van der Waals surface area (Å²) in [5, 5.41) is 13.7. The molecule has 11 rings (SSSR count). The van der Waals surface area contributed by atoms with Gasteiger partial charge in [-0.1, -0.05) is 156 Å². The number of nitrogens with one attached hydrogen (secondary N) is 1. The van der Waals surface area contributed by atoms with E-state index in [4.69, 9.17) is 15.8 Å². The smallest absolute Gasteiger partial charge is 0.337 e. The minimum Gasteiger partial charge on any atom is -0.478 e. The Morgan fingerprint density at radius 1 is 0.516 bits per heavy atom. The monoisotopic (exact) mass is 1370 g/mol. The highest BCUT2D eigenvalue weighted by Crippen LogP contribution is 2.25. The lowest BCUT2D eigenvalue weighted by molar-refractivity contribution is 0.0698. The predicted molar refractivity (Wildman–Crippen MR) is 379 cm³/mol. The Balaban J connectivity index is 0.000000219. The summed E-state index contributed by atoms with van der Waals surface area (Å²) in [6.07, 6.45) is 3.50. The van der Waals surface area contributed by atoms with E-state index >= 15 is 0 Å². The van der Waals surface area contributed by atoms with Crippen LogP contribution in [0.3, 0.4) is 0 Å². The Bertz CT molecular complexity index is 4240. The number of nitrogens with zero attached hydrogens (tertiary/aromatic N) is 9. The normalized spacial score (nSPS) is 14.1. The summed E-state index contributed by atoms with van der Waals surface area (Å²) in [6, 6.07) is 45.9. The summed E-state index contributed by atoms with van der Waals surface area (Å²) in [4.78, 5) is 64.9. The number of para-hydroxylation sites is 4. The molecule has 0 radical (unpaired) electrons. The number of nitrogen functional groups attached to an aromatic ring is 1. The van der Waals surface area contributed by atoms with Crippen molar-refractivity contribution < 1.29 is 26.7 Å². The summed E-state index contributed by atoms with van der Waals surface area (Å²) in [6.45, 7) is 26.9. The van der Waals surface area contributed by atoms with Crippen molar-refractivity contribution in [2.45, 2.75) is 135 Å². The van der Waals surface area contributed by atoms with Gasteiger partial charge in [0.25, 0.3) is 16.7 Å². The molecule has 2 fully saturated rings. The average molecular weight is 1380 g/mol. The molecule has 2 atom stereocenters. The van der Waals surface area contributed by atoms with E-state index in [9.17, 15) is 36.0 Å². The SMILES string of the molecule is CC.CC.CCCn1c(C(C)Br)nc2ccccc2c1=O.CCCn1c(C(C)N2CCN(S(=O)(=O)c3ccccc3)CC2)nc2ccccc2c1=O.CCCn1c(CC)nc2ccccc2c1=O.Nc1ccccc1C(=O)O.O=S(=O)(c1ccccc1)N1CCNCC1. The van der Waals surface area contributed by atoms with E-state index in [0.717, 1.165) is 73.8 Å². The number of aryl methyl sites for hydroxylation is 1. The lowest BCUT2D eigenvalue weighted by Crippen LogP contribution is -2.49. The van der Waals surface area contributed by atoms with Gasteiger partial charge in [-0.3, -0.25) is 33.0 Å². The van der Waals surface area contributed by atoms with Gasteiger partial charge in [0.2, 0.25) is 20.0 Å². The number of sulfonamides is 2. The summed E-state index contributed by atoms with van der Waals surface area (Å²) in [7, 11) is -6.76. The number of carbonyl (C=O) groups is 1. The summed E-state index contributed by atoms with van der Waals surface area (Å²) >= 11 is 3.50. The number of piperazine rings is 2. The third kappa shape index (κ3) is 19.9. The minimum absolute atomic E-state index is 0.0143. The Kier molecular flexibility index (Phi) is 30.9. The molecule has 2 aliphatic heterocycles. The van der Waals surface area contributed by atoms with Crippen molar-refractivity contribution >= 4 is 80.3 Å². The molecule has 20 nitrogen and oxygen atoms in total. The second-order valence-electron chi connectivity index (χ2n) is 21.1. The third-order valence-electron chi connectivity index (χ3n) is 15.0. The summed E-state index contributed by atoms with van der Waals surface area (Å²) in [5.74, 6) is 1.43. The molecule has 23 heteroatoms. The van der Waals surface area contributed by atoms with Crippen molar-refractivity contribution in [3.8, 4) is 0 Å². The number of nitrogens with two attached hydrogens (primary N) is 1. The van der Waals surface area contributed by atoms with E-state index in [1.807, 2.05) is 140 Å². The van der Waals surface area contributed by atoms with Crippen LogP contribution in [0.5, 0.6) is 0 Å². The molecule has 500 valence electrons. The first kappa shape index (κ1) is 75.9. The number of rotatable bonds is 15. The number of hydrogen-bond acceptors (Lipinski definition) is 14. The number of benzene rings is 6. The van der Waals surface area contributed by atoms with Gasteiger partial charge in [-0.2, -0.15) is 8.61 Å². The lowest BCUT2D eigenvalue weighted by atomic mass is 10.2. The Morgan fingerprint density at radius 3 is 1.29 bits per heavy atom. The minimum atomic E-state index is -3.49. The maximum atomic E-state index is 13.1. The fourth-order valence-electron chi connectivity index (χ4n) is 10.4. The van der Waals surface area contributed by atoms with Crippen LogP contribution in [-0.2, 0) is 46.1 Å². The van der Waals surface area contributed by atoms with E-state index in [1.165, 1.54) is 10.4 Å². The number of carboxylic acid groups (broad SMARTS) is 1. The highest BCUT2D eigenvalue weighted by molar-refractivity contribution is 9.09. The summed E-state index contributed by atoms with van der Waals surface area (Å²) in [5.41, 5.74) is 8.20. The maximum absolute atomic E-state index is 13.1. The highest BCUT2D eigenvalue weighted by atomic mass is 79.9. The molecule has 5 heterocycles. The molecule has 2 unspecified atom stereocenters. The molecule has 4 N–H and O–H groups in total. The molecule has 6 aromatic carbocycles. The molecule has 0 bridgehead atoms. The quantitative estimate of drug-likeness (QED) is 0.0637. The standard InChI is InChI=1S/C23H28N4O3S.C13H15BrN2O.C13H16N2O.C10H14N2O2S.C7H7NO2.2C2H6/c1-3-13-27-22(24-21-12-8-7-11-20(21)23(27)28)18(2)25-14-16-26(17-15-25)31(29,30)19-9-5-4-6-10-19;1-3-8-16-12(9(2)14)15-11-7-5-4-6-10(11)13(16)17;1-3-9-15-12(4-2)14-11-8-6-5-7-10(11)13(15)16;13-15(14,10-4-2-1-3-5-10)12-8-6-11-7-9-12;8-6-4-2-1-3-5(6)7(9)10;2*1-2/h4-12,18H,3,13-17H2,1-2H3;4-7,9H,3,8H2,1-2H3;5-8H,3-4,9H2,1-2H3;1-5,11H,6-9H2;1-4H,8H2,(H,9,10);2*1-2H3. The van der Waals surface area contributed by atoms with Gasteiger partial charge in [-0.25, -0.2) is 36.6 Å². The van der Waals surface area contributed by atoms with Crippen LogP contribution in [-0.4, -0.2) is 122 Å². The van der Waals surface area contributed by atoms with Gasteiger partial charge in [-0.15, -0.1) is 0 Å². The first-order chi connectivity index (χ1) is 44.8. The van der Waals surface area contributed by atoms with E-state index in [2.05, 4.69) is 50.0 Å². The molecular formula is C70H92BrN11O9S2. The van der Waals surface area contributed by atoms with E-state index in [1.54, 1.807) is 84.7 Å². The predicted octanol–water partition coefficient (Wildman–Crippen LogP) is 11.8. The van der Waals surface area contributed by atoms with Crippen molar-refractivity contribution in [3.05, 3.63) is 212 Å². The zero-order valence-electron chi connectivity index (χ0n) is 55.3. The first-order valence-corrected chi connectivity index (χ1v) is 35.8. The van der Waals surface area contributed by atoms with E-state index in [0.29, 0.717) is 89.5 Å². The molecule has 93 heavy (non-hydrogen) atoms. The van der Waals surface area contributed by atoms with Crippen molar-refractivity contribution in [3.63, 3.8) is 0 Å². The van der Waals surface area contributed by atoms with Crippen molar-refractivity contribution in [1.82, 2.24) is 47.5 Å². The molecule has 2 aliphatic rings. The molecule has 0 saturated carbocycles. The molecule has 2 saturated heterocycles. The van der Waals surface area contributed by atoms with Crippen LogP contribution in [0.25, 0.3) is 32.7 Å². The molecule has 3 aromatic heterocycles. The number of aromatic nitrogens is 6. The van der Waals surface area contributed by atoms with Crippen LogP contribution in [0.1, 0.15) is 127 Å². The fourth-order valence-corrected chi connectivity index (χ4v) is 13.6. The van der Waals surface area contributed by atoms with Gasteiger partial charge in [0.05, 0.1) is 58.9 Å². The number of alkyl halides is 1. The highest BCUT2D eigenvalue weighted by Gasteiger charge is 2.32. The molecule has 0 spiro atoms. The topological polar surface area (TPSA) is 258 Å². The zero-order chi connectivity index (χ0) is 68.3. The Hall–Kier alpha value is -7.77. The summed E-state index contributed by atoms with van der Waals surface area (Å²) < 4.78 is 58.4. The zero-order valence-corrected chi connectivity index (χ0v) is 58.5. The maximum Gasteiger partial charge on any atom is 0.337 e. The van der Waals surface area contributed by atoms with Gasteiger partial charge in [0.15, 0.2) is 0 Å². The van der Waals surface area contributed by atoms with Gasteiger partial charge in [0.1, 0.15) is 17.5 Å². The largest absolute Gasteiger partial charge is 0.478 e. The number of hydrogen-bond donors (Lipinski definition) is 3. The number of carboxylic acids is 1. The lowest BCUT2D eigenvalue weighted by Gasteiger charge is -2.37. The van der Waals surface area contributed by atoms with Crippen LogP contribution < -0.4 is 27.7 Å². The second-order valence-corrected chi connectivity index (χ2v) is 26.4. The van der Waals surface area contributed by atoms with Gasteiger partial charge >= 0.3 is 5.97 Å². The number of fused-ring (bicyclic) bond motifs is 3. The molecule has 0 aliphatic carbocycles. The van der Waals surface area contributed by atoms with Crippen molar-refractivity contribution in [2.75, 3.05) is 58.1 Å². The van der Waals surface area contributed by atoms with E-state index in [-0.39, 0.29) is 33.1 Å². The van der Waals surface area contributed by atoms with Crippen LogP contribution in [0.15, 0.2) is 182 Å². The Labute approximate surface area is 556 Å². The Morgan fingerprint density at radius 2 is 0.882 bits per heavy atom. The van der Waals surface area contributed by atoms with Gasteiger partial charge < -0.3 is 16.2 Å².